The molecule has 172 valence electrons. The van der Waals surface area contributed by atoms with Crippen LogP contribution in [0.5, 0.6) is 5.75 Å². The molecule has 3 aliphatic rings. The van der Waals surface area contributed by atoms with Crippen molar-refractivity contribution in [1.82, 2.24) is 10.3 Å². The van der Waals surface area contributed by atoms with E-state index in [-0.39, 0.29) is 29.3 Å². The summed E-state index contributed by atoms with van der Waals surface area (Å²) in [5.41, 5.74) is 3.33. The lowest BCUT2D eigenvalue weighted by molar-refractivity contribution is -0.144. The largest absolute Gasteiger partial charge is 0.497 e. The molecule has 1 aromatic carbocycles. The normalized spacial score (nSPS) is 34.1. The maximum atomic E-state index is 12.7. The highest BCUT2D eigenvalue weighted by Gasteiger charge is 2.59. The number of allylic oxidation sites excluding steroid dienone is 1. The first-order valence-electron chi connectivity index (χ1n) is 11.9. The molecule has 1 unspecified atom stereocenters. The van der Waals surface area contributed by atoms with Crippen molar-refractivity contribution in [3.05, 3.63) is 41.6 Å². The number of aliphatic hydroxyl groups is 1. The first-order valence-corrected chi connectivity index (χ1v) is 11.9. The average Bonchev–Trinajstić information content (AvgIpc) is 3.33. The smallest absolute Gasteiger partial charge is 0.311 e. The molecule has 5 rings (SSSR count). The molecule has 2 aliphatic carbocycles. The van der Waals surface area contributed by atoms with E-state index in [9.17, 15) is 9.90 Å². The van der Waals surface area contributed by atoms with Crippen molar-refractivity contribution < 1.29 is 19.4 Å². The highest BCUT2D eigenvalue weighted by molar-refractivity contribution is 5.84. The minimum Gasteiger partial charge on any atom is -0.497 e. The predicted molar refractivity (Wildman–Crippen MR) is 123 cm³/mol. The van der Waals surface area contributed by atoms with Crippen molar-refractivity contribution in [3.8, 4) is 5.75 Å². The van der Waals surface area contributed by atoms with Gasteiger partial charge in [-0.1, -0.05) is 25.5 Å². The number of aliphatic hydroxyl groups excluding tert-OH is 1. The highest BCUT2D eigenvalue weighted by Crippen LogP contribution is 2.55. The minimum atomic E-state index is -0.554. The van der Waals surface area contributed by atoms with Crippen LogP contribution in [0.15, 0.2) is 36.0 Å². The third kappa shape index (κ3) is 3.35. The summed E-state index contributed by atoms with van der Waals surface area (Å²) in [5, 5.41) is 16.1. The maximum absolute atomic E-state index is 12.7. The number of esters is 1. The van der Waals surface area contributed by atoms with Crippen molar-refractivity contribution in [2.24, 2.45) is 23.2 Å². The third-order valence-corrected chi connectivity index (χ3v) is 8.48. The summed E-state index contributed by atoms with van der Waals surface area (Å²) in [6.45, 7) is 5.70. The molecule has 2 heterocycles. The van der Waals surface area contributed by atoms with Gasteiger partial charge in [0.2, 0.25) is 0 Å². The first-order chi connectivity index (χ1) is 15.4. The average molecular weight is 439 g/mol. The van der Waals surface area contributed by atoms with Crippen LogP contribution in [0.2, 0.25) is 0 Å². The Labute approximate surface area is 189 Å². The van der Waals surface area contributed by atoms with E-state index in [0.29, 0.717) is 12.5 Å². The van der Waals surface area contributed by atoms with Gasteiger partial charge in [-0.2, -0.15) is 0 Å². The Balaban J connectivity index is 1.25. The fourth-order valence-electron chi connectivity index (χ4n) is 6.27. The number of H-pyrrole nitrogens is 1. The van der Waals surface area contributed by atoms with Gasteiger partial charge in [0.1, 0.15) is 11.9 Å². The number of aromatic amines is 1. The molecule has 2 fully saturated rings. The van der Waals surface area contributed by atoms with Gasteiger partial charge in [-0.25, -0.2) is 0 Å². The minimum absolute atomic E-state index is 0.143. The number of aromatic nitrogens is 1. The second kappa shape index (κ2) is 8.23. The van der Waals surface area contributed by atoms with Gasteiger partial charge in [0.15, 0.2) is 0 Å². The van der Waals surface area contributed by atoms with Crippen LogP contribution in [0.4, 0.5) is 0 Å². The quantitative estimate of drug-likeness (QED) is 0.365. The molecule has 0 radical (unpaired) electrons. The summed E-state index contributed by atoms with van der Waals surface area (Å²) in [5.74, 6) is 0.636. The van der Waals surface area contributed by atoms with Gasteiger partial charge in [0.25, 0.3) is 0 Å². The molecular formula is C26H34N2O4. The van der Waals surface area contributed by atoms with Crippen molar-refractivity contribution in [2.75, 3.05) is 20.2 Å². The van der Waals surface area contributed by atoms with Crippen LogP contribution in [0.25, 0.3) is 10.9 Å². The number of ether oxygens (including phenoxy) is 2. The van der Waals surface area contributed by atoms with Gasteiger partial charge in [0, 0.05) is 41.4 Å². The topological polar surface area (TPSA) is 83.6 Å². The van der Waals surface area contributed by atoms with Gasteiger partial charge >= 0.3 is 5.97 Å². The molecule has 6 atom stereocenters. The summed E-state index contributed by atoms with van der Waals surface area (Å²) in [4.78, 5) is 16.0. The number of hydrogen-bond acceptors (Lipinski definition) is 5. The molecule has 1 aromatic heterocycles. The molecule has 6 nitrogen and oxygen atoms in total. The van der Waals surface area contributed by atoms with Crippen LogP contribution in [0, 0.1) is 23.2 Å². The Kier molecular flexibility index (Phi) is 5.54. The van der Waals surface area contributed by atoms with E-state index in [1.165, 1.54) is 11.1 Å². The lowest BCUT2D eigenvalue weighted by Crippen LogP contribution is -2.54. The third-order valence-electron chi connectivity index (χ3n) is 8.48. The van der Waals surface area contributed by atoms with Gasteiger partial charge in [0.05, 0.1) is 19.1 Å². The molecule has 0 spiro atoms. The van der Waals surface area contributed by atoms with E-state index >= 15 is 0 Å². The van der Waals surface area contributed by atoms with E-state index in [1.54, 1.807) is 7.11 Å². The summed E-state index contributed by atoms with van der Waals surface area (Å²) in [7, 11) is 1.68. The summed E-state index contributed by atoms with van der Waals surface area (Å²) < 4.78 is 11.1. The van der Waals surface area contributed by atoms with Gasteiger partial charge in [-0.15, -0.1) is 0 Å². The number of rotatable bonds is 6. The zero-order valence-corrected chi connectivity index (χ0v) is 19.2. The Morgan fingerprint density at radius 1 is 1.38 bits per heavy atom. The van der Waals surface area contributed by atoms with Crippen LogP contribution in [0.1, 0.15) is 38.7 Å². The molecule has 3 N–H and O–H groups in total. The standard InChI is InChI=1S/C26H34N2O4/c1-15-5-4-6-17-11-22-23(24(29)26(15,17)2)20(25(30)32-22)14-27-10-9-16-13-28-21-8-7-18(31-3)12-19(16)21/h6-8,12-13,15,20,22-24,27-29H,4-5,9-11,14H2,1-3H3/t15-,20?,22-,23-,24+,26-/m1/s1. The fourth-order valence-corrected chi connectivity index (χ4v) is 6.27. The fraction of sp³-hybridized carbons (Fsp3) is 0.577. The van der Waals surface area contributed by atoms with E-state index in [2.05, 4.69) is 36.3 Å². The number of carbonyl (C=O) groups is 1. The molecule has 2 aromatic rings. The Morgan fingerprint density at radius 2 is 2.22 bits per heavy atom. The van der Waals surface area contributed by atoms with E-state index in [1.807, 2.05) is 18.3 Å². The Bertz CT molecular complexity index is 1040. The first kappa shape index (κ1) is 21.5. The van der Waals surface area contributed by atoms with Gasteiger partial charge < -0.3 is 24.9 Å². The monoisotopic (exact) mass is 438 g/mol. The molecular weight excluding hydrogens is 404 g/mol. The molecule has 6 heteroatoms. The number of hydrogen-bond donors (Lipinski definition) is 3. The van der Waals surface area contributed by atoms with Crippen molar-refractivity contribution in [3.63, 3.8) is 0 Å². The second-order valence-electron chi connectivity index (χ2n) is 9.98. The van der Waals surface area contributed by atoms with E-state index in [0.717, 1.165) is 48.9 Å². The van der Waals surface area contributed by atoms with E-state index < -0.39 is 6.10 Å². The van der Waals surface area contributed by atoms with Crippen LogP contribution < -0.4 is 10.1 Å². The predicted octanol–water partition coefficient (Wildman–Crippen LogP) is 3.59. The summed E-state index contributed by atoms with van der Waals surface area (Å²) in [6, 6.07) is 6.03. The molecule has 32 heavy (non-hydrogen) atoms. The molecule has 1 aliphatic heterocycles. The summed E-state index contributed by atoms with van der Waals surface area (Å²) in [6.07, 6.45) is 7.30. The highest BCUT2D eigenvalue weighted by atomic mass is 16.6. The summed E-state index contributed by atoms with van der Waals surface area (Å²) >= 11 is 0. The lowest BCUT2D eigenvalue weighted by Gasteiger charge is -2.51. The molecule has 0 amide bonds. The Hall–Kier alpha value is -2.31. The van der Waals surface area contributed by atoms with Gasteiger partial charge in [-0.3, -0.25) is 4.79 Å². The number of methoxy groups -OCH3 is 1. The molecule has 0 bridgehead atoms. The van der Waals surface area contributed by atoms with Crippen LogP contribution in [-0.4, -0.2) is 48.5 Å². The zero-order chi connectivity index (χ0) is 22.5. The molecule has 1 saturated heterocycles. The van der Waals surface area contributed by atoms with Crippen LogP contribution >= 0.6 is 0 Å². The number of nitrogens with one attached hydrogen (secondary N) is 2. The lowest BCUT2D eigenvalue weighted by atomic mass is 9.55. The second-order valence-corrected chi connectivity index (χ2v) is 9.98. The van der Waals surface area contributed by atoms with Crippen molar-refractivity contribution >= 4 is 16.9 Å². The number of carbonyl (C=O) groups excluding carboxylic acids is 1. The number of fused-ring (bicyclic) bond motifs is 3. The van der Waals surface area contributed by atoms with E-state index in [4.69, 9.17) is 9.47 Å². The van der Waals surface area contributed by atoms with Crippen molar-refractivity contribution in [1.29, 1.82) is 0 Å². The Morgan fingerprint density at radius 3 is 3.03 bits per heavy atom. The maximum Gasteiger partial charge on any atom is 0.311 e. The zero-order valence-electron chi connectivity index (χ0n) is 19.2. The van der Waals surface area contributed by atoms with Crippen LogP contribution in [-0.2, 0) is 16.0 Å². The van der Waals surface area contributed by atoms with Crippen molar-refractivity contribution in [2.45, 2.75) is 51.7 Å². The number of benzene rings is 1. The SMILES string of the molecule is COc1ccc2[nH]cc(CCNCC3C(=O)O[C@@H]4CC5=CCC[C@@H](C)[C@@]5(C)[C@@H](O)[C@H]34)c2c1. The molecule has 1 saturated carbocycles. The van der Waals surface area contributed by atoms with Gasteiger partial charge in [-0.05, 0) is 55.5 Å². The van der Waals surface area contributed by atoms with Crippen LogP contribution in [0.3, 0.4) is 0 Å².